The third-order valence-corrected chi connectivity index (χ3v) is 19.2. The number of rotatable bonds is 2. The van der Waals surface area contributed by atoms with E-state index in [1.165, 1.54) is 206 Å². The lowest BCUT2D eigenvalue weighted by Gasteiger charge is -2.51. The highest BCUT2D eigenvalue weighted by Crippen LogP contribution is 2.61. The Balaban J connectivity index is 1.14. The summed E-state index contributed by atoms with van der Waals surface area (Å²) in [5.74, 6) is 0. The number of pyridine rings is 2. The fourth-order valence-electron chi connectivity index (χ4n) is 15.9. The summed E-state index contributed by atoms with van der Waals surface area (Å²) in [4.78, 5) is 11.1. The number of hydrogen-bond acceptors (Lipinski definition) is 2. The first-order valence-corrected chi connectivity index (χ1v) is 25.0. The predicted molar refractivity (Wildman–Crippen MR) is 277 cm³/mol. The molecule has 0 atom stereocenters. The second-order valence-electron chi connectivity index (χ2n) is 23.7. The van der Waals surface area contributed by atoms with Gasteiger partial charge >= 0.3 is 0 Å². The van der Waals surface area contributed by atoms with E-state index in [1.54, 1.807) is 0 Å². The molecule has 6 aromatic heterocycles. The van der Waals surface area contributed by atoms with E-state index in [9.17, 15) is 0 Å². The van der Waals surface area contributed by atoms with Gasteiger partial charge in [0.25, 0.3) is 0 Å². The molecule has 66 heavy (non-hydrogen) atoms. The Kier molecular flexibility index (Phi) is 6.79. The van der Waals surface area contributed by atoms with Crippen molar-refractivity contribution in [2.45, 2.75) is 142 Å². The zero-order valence-corrected chi connectivity index (χ0v) is 40.4. The summed E-state index contributed by atoms with van der Waals surface area (Å²) in [6.07, 6.45) is 14.3. The van der Waals surface area contributed by atoms with Gasteiger partial charge in [0.1, 0.15) is 0 Å². The molecule has 6 aliphatic carbocycles. The molecule has 4 nitrogen and oxygen atoms in total. The van der Waals surface area contributed by atoms with Gasteiger partial charge in [-0.05, 0) is 196 Å². The van der Waals surface area contributed by atoms with Crippen molar-refractivity contribution in [3.8, 4) is 22.3 Å². The van der Waals surface area contributed by atoms with E-state index in [4.69, 9.17) is 9.97 Å². The number of benzene rings is 5. The van der Waals surface area contributed by atoms with E-state index in [1.807, 2.05) is 0 Å². The Labute approximate surface area is 386 Å². The highest BCUT2D eigenvalue weighted by Gasteiger charge is 2.51. The van der Waals surface area contributed by atoms with Gasteiger partial charge in [-0.15, -0.1) is 0 Å². The van der Waals surface area contributed by atoms with Crippen LogP contribution in [0.4, 0.5) is 0 Å². The highest BCUT2D eigenvalue weighted by atomic mass is 15.0. The molecule has 0 unspecified atom stereocenters. The molecule has 0 aliphatic heterocycles. The largest absolute Gasteiger partial charge is 0.306 e. The van der Waals surface area contributed by atoms with Crippen LogP contribution < -0.4 is 0 Å². The second kappa shape index (κ2) is 11.7. The zero-order valence-electron chi connectivity index (χ0n) is 40.4. The van der Waals surface area contributed by atoms with Crippen LogP contribution in [0.15, 0.2) is 73.1 Å². The third kappa shape index (κ3) is 4.36. The monoisotopic (exact) mass is 858 g/mol. The number of nitrogens with zero attached hydrogens (tertiary/aromatic N) is 4. The number of aromatic nitrogens is 4. The van der Waals surface area contributed by atoms with E-state index in [-0.39, 0.29) is 21.7 Å². The number of fused-ring (bicyclic) bond motifs is 16. The van der Waals surface area contributed by atoms with Crippen LogP contribution in [0.1, 0.15) is 135 Å². The summed E-state index contributed by atoms with van der Waals surface area (Å²) in [6, 6.07) is 24.8. The van der Waals surface area contributed by atoms with E-state index in [0.29, 0.717) is 0 Å². The molecular weight excluding hydrogens is 801 g/mol. The minimum Gasteiger partial charge on any atom is -0.306 e. The fourth-order valence-corrected chi connectivity index (χ4v) is 15.9. The van der Waals surface area contributed by atoms with E-state index >= 15 is 0 Å². The Morgan fingerprint density at radius 2 is 0.712 bits per heavy atom. The number of aryl methyl sites for hydroxylation is 6. The van der Waals surface area contributed by atoms with Crippen LogP contribution in [0, 0.1) is 41.5 Å². The van der Waals surface area contributed by atoms with Gasteiger partial charge in [-0.1, -0.05) is 63.1 Å². The Bertz CT molecular complexity index is 3750. The highest BCUT2D eigenvalue weighted by molar-refractivity contribution is 6.30. The molecule has 11 aromatic rings. The topological polar surface area (TPSA) is 34.6 Å². The van der Waals surface area contributed by atoms with Crippen LogP contribution >= 0.6 is 0 Å². The van der Waals surface area contributed by atoms with Crippen molar-refractivity contribution < 1.29 is 0 Å². The van der Waals surface area contributed by atoms with Crippen LogP contribution in [-0.4, -0.2) is 18.8 Å². The van der Waals surface area contributed by atoms with E-state index in [0.717, 1.165) is 0 Å². The first kappa shape index (κ1) is 38.1. The maximum absolute atomic E-state index is 5.53. The molecule has 0 spiro atoms. The summed E-state index contributed by atoms with van der Waals surface area (Å²) in [5.41, 5.74) is 27.4. The SMILES string of the molecule is Cc1cc(C)c(-c2cc3c4cc5c(cc4n4c6cnc7c(c6c(c2)c34)C2(C)CCC7(C)CC2)c2cc(-c3c(C)cc(C)cc3C)cc3c4c6c(ncc4n5c23)C2(C)CCC6(C)CC2)c(C)c1. The molecule has 5 aromatic carbocycles. The van der Waals surface area contributed by atoms with Crippen LogP contribution in [0.3, 0.4) is 0 Å². The average molecular weight is 859 g/mol. The maximum Gasteiger partial charge on any atom is 0.0728 e. The lowest BCUT2D eigenvalue weighted by Crippen LogP contribution is -2.45. The first-order valence-electron chi connectivity index (χ1n) is 25.0. The Hall–Kier alpha value is -6.00. The standard InChI is InChI=1S/C62H58N4/c1-31-19-33(3)49(34(4)20-31)37-23-41-39-27-46-40(28-45(39)65-47-29-63-57-53(51(47)43(25-37)55(41)65)59(7)11-15-61(57,9)16-12-59)42-24-38(50-35(5)21-32(2)22-36(50)6)26-44-52-48(66(46)56(42)44)30-64-58-54(52)60(8)13-17-62(58,10)18-14-60/h19-30H,11-18H2,1-10H3. The van der Waals surface area contributed by atoms with Crippen LogP contribution in [0.5, 0.6) is 0 Å². The summed E-state index contributed by atoms with van der Waals surface area (Å²) >= 11 is 0. The molecule has 0 radical (unpaired) electrons. The average Bonchev–Trinajstić information content (AvgIpc) is 3.99. The van der Waals surface area contributed by atoms with E-state index in [2.05, 4.69) is 151 Å². The van der Waals surface area contributed by atoms with Crippen molar-refractivity contribution >= 4 is 76.2 Å². The Morgan fingerprint density at radius 1 is 0.379 bits per heavy atom. The van der Waals surface area contributed by atoms with Crippen molar-refractivity contribution in [3.63, 3.8) is 0 Å². The quantitative estimate of drug-likeness (QED) is 0.174. The van der Waals surface area contributed by atoms with Crippen molar-refractivity contribution in [2.24, 2.45) is 0 Å². The molecule has 6 heterocycles. The molecule has 4 heteroatoms. The van der Waals surface area contributed by atoms with Gasteiger partial charge in [-0.2, -0.15) is 0 Å². The smallest absolute Gasteiger partial charge is 0.0728 e. The van der Waals surface area contributed by atoms with Crippen molar-refractivity contribution in [1.82, 2.24) is 18.8 Å². The lowest BCUT2D eigenvalue weighted by atomic mass is 9.53. The fraction of sp³-hybridized carbons (Fsp3) is 0.355. The first-order chi connectivity index (χ1) is 31.6. The normalized spacial score (nSPS) is 24.9. The maximum atomic E-state index is 5.53. The second-order valence-corrected chi connectivity index (χ2v) is 23.7. The van der Waals surface area contributed by atoms with Crippen LogP contribution in [-0.2, 0) is 21.7 Å². The summed E-state index contributed by atoms with van der Waals surface area (Å²) < 4.78 is 5.26. The minimum absolute atomic E-state index is 0.120. The van der Waals surface area contributed by atoms with Crippen LogP contribution in [0.25, 0.3) is 98.4 Å². The molecule has 17 rings (SSSR count). The van der Waals surface area contributed by atoms with E-state index < -0.39 is 0 Å². The zero-order chi connectivity index (χ0) is 44.9. The van der Waals surface area contributed by atoms with Gasteiger partial charge in [0, 0.05) is 53.9 Å². The molecule has 2 saturated carbocycles. The van der Waals surface area contributed by atoms with Gasteiger partial charge < -0.3 is 8.80 Å². The molecule has 4 bridgehead atoms. The van der Waals surface area contributed by atoms with Gasteiger partial charge in [-0.3, -0.25) is 9.97 Å². The minimum atomic E-state index is 0.120. The molecule has 326 valence electrons. The lowest BCUT2D eigenvalue weighted by molar-refractivity contribution is 0.184. The van der Waals surface area contributed by atoms with Gasteiger partial charge in [0.2, 0.25) is 0 Å². The molecular formula is C62H58N4. The molecule has 0 saturated heterocycles. The van der Waals surface area contributed by atoms with Crippen LogP contribution in [0.2, 0.25) is 0 Å². The number of hydrogen-bond donors (Lipinski definition) is 0. The Morgan fingerprint density at radius 3 is 1.08 bits per heavy atom. The predicted octanol–water partition coefficient (Wildman–Crippen LogP) is 16.2. The van der Waals surface area contributed by atoms with Crippen molar-refractivity contribution in [2.75, 3.05) is 0 Å². The summed E-state index contributed by atoms with van der Waals surface area (Å²) in [6.45, 7) is 23.8. The molecule has 0 N–H and O–H groups in total. The van der Waals surface area contributed by atoms with Gasteiger partial charge in [0.15, 0.2) is 0 Å². The molecule has 6 aliphatic rings. The summed E-state index contributed by atoms with van der Waals surface area (Å²) in [5, 5.41) is 11.0. The van der Waals surface area contributed by atoms with Gasteiger partial charge in [-0.25, -0.2) is 0 Å². The van der Waals surface area contributed by atoms with Gasteiger partial charge in [0.05, 0.1) is 56.9 Å². The molecule has 0 amide bonds. The summed E-state index contributed by atoms with van der Waals surface area (Å²) in [7, 11) is 0. The molecule has 2 fully saturated rings. The van der Waals surface area contributed by atoms with Crippen molar-refractivity contribution in [3.05, 3.63) is 129 Å². The van der Waals surface area contributed by atoms with Crippen molar-refractivity contribution in [1.29, 1.82) is 0 Å². The third-order valence-electron chi connectivity index (χ3n) is 19.2.